The predicted octanol–water partition coefficient (Wildman–Crippen LogP) is 2.81. The Labute approximate surface area is 100 Å². The van der Waals surface area contributed by atoms with E-state index in [2.05, 4.69) is 5.32 Å². The molecule has 86 valence electrons. The molecule has 3 nitrogen and oxygen atoms in total. The van der Waals surface area contributed by atoms with E-state index in [4.69, 9.17) is 11.6 Å². The highest BCUT2D eigenvalue weighted by Gasteiger charge is 2.30. The quantitative estimate of drug-likeness (QED) is 0.844. The van der Waals surface area contributed by atoms with Gasteiger partial charge in [-0.3, -0.25) is 0 Å². The van der Waals surface area contributed by atoms with Gasteiger partial charge in [0, 0.05) is 17.6 Å². The summed E-state index contributed by atoms with van der Waals surface area (Å²) in [4.78, 5) is 13.5. The van der Waals surface area contributed by atoms with Crippen molar-refractivity contribution in [3.05, 3.63) is 34.9 Å². The average molecular weight is 239 g/mol. The molecule has 4 heteroatoms. The molecule has 1 aromatic carbocycles. The maximum atomic E-state index is 11.7. The Morgan fingerprint density at radius 3 is 2.50 bits per heavy atom. The molecule has 1 N–H and O–H groups in total. The van der Waals surface area contributed by atoms with E-state index in [0.717, 1.165) is 12.1 Å². The molecule has 2 amide bonds. The van der Waals surface area contributed by atoms with Gasteiger partial charge in [-0.2, -0.15) is 0 Å². The number of amides is 2. The number of halogens is 1. The molecule has 1 aliphatic rings. The molecule has 1 heterocycles. The maximum absolute atomic E-state index is 11.7. The molecular weight excluding hydrogens is 224 g/mol. The van der Waals surface area contributed by atoms with E-state index >= 15 is 0 Å². The van der Waals surface area contributed by atoms with E-state index in [9.17, 15) is 4.79 Å². The molecule has 1 unspecified atom stereocenters. The lowest BCUT2D eigenvalue weighted by molar-refractivity contribution is 0.206. The number of carbonyl (C=O) groups excluding carboxylic acids is 1. The van der Waals surface area contributed by atoms with Gasteiger partial charge < -0.3 is 10.2 Å². The van der Waals surface area contributed by atoms with Crippen LogP contribution in [0.1, 0.15) is 25.5 Å². The molecule has 1 saturated heterocycles. The fraction of sp³-hybridized carbons (Fsp3) is 0.417. The molecule has 0 radical (unpaired) electrons. The van der Waals surface area contributed by atoms with Gasteiger partial charge in [0.1, 0.15) is 0 Å². The van der Waals surface area contributed by atoms with Gasteiger partial charge in [0.15, 0.2) is 0 Å². The SMILES string of the molecule is CC(C)N1CC(c2ccc(Cl)cc2)NC1=O. The molecule has 16 heavy (non-hydrogen) atoms. The smallest absolute Gasteiger partial charge is 0.318 e. The number of benzene rings is 1. The van der Waals surface area contributed by atoms with E-state index in [-0.39, 0.29) is 18.1 Å². The zero-order valence-electron chi connectivity index (χ0n) is 9.40. The fourth-order valence-corrected chi connectivity index (χ4v) is 2.01. The van der Waals surface area contributed by atoms with E-state index in [0.29, 0.717) is 5.02 Å². The third-order valence-corrected chi connectivity index (χ3v) is 3.09. The summed E-state index contributed by atoms with van der Waals surface area (Å²) in [6.07, 6.45) is 0. The number of urea groups is 1. The van der Waals surface area contributed by atoms with Crippen LogP contribution in [0.15, 0.2) is 24.3 Å². The van der Waals surface area contributed by atoms with Crippen LogP contribution in [0, 0.1) is 0 Å². The first-order valence-corrected chi connectivity index (χ1v) is 5.78. The van der Waals surface area contributed by atoms with Crippen molar-refractivity contribution in [2.24, 2.45) is 0 Å². The number of nitrogens with one attached hydrogen (secondary N) is 1. The second-order valence-corrected chi connectivity index (χ2v) is 4.74. The van der Waals surface area contributed by atoms with Crippen LogP contribution in [-0.2, 0) is 0 Å². The molecule has 0 aliphatic carbocycles. The van der Waals surface area contributed by atoms with Crippen molar-refractivity contribution in [1.29, 1.82) is 0 Å². The first-order chi connectivity index (χ1) is 7.58. The summed E-state index contributed by atoms with van der Waals surface area (Å²) in [6, 6.07) is 7.93. The summed E-state index contributed by atoms with van der Waals surface area (Å²) in [6.45, 7) is 4.76. The molecule has 1 aromatic rings. The number of nitrogens with zero attached hydrogens (tertiary/aromatic N) is 1. The minimum absolute atomic E-state index is 0.00921. The highest BCUT2D eigenvalue weighted by Crippen LogP contribution is 2.22. The monoisotopic (exact) mass is 238 g/mol. The fourth-order valence-electron chi connectivity index (χ4n) is 1.89. The van der Waals surface area contributed by atoms with Crippen molar-refractivity contribution in [1.82, 2.24) is 10.2 Å². The Morgan fingerprint density at radius 2 is 2.00 bits per heavy atom. The molecule has 2 rings (SSSR count). The van der Waals surface area contributed by atoms with E-state index < -0.39 is 0 Å². The third-order valence-electron chi connectivity index (χ3n) is 2.83. The van der Waals surface area contributed by atoms with E-state index in [1.165, 1.54) is 0 Å². The van der Waals surface area contributed by atoms with Crippen LogP contribution in [0.5, 0.6) is 0 Å². The molecule has 0 spiro atoms. The van der Waals surface area contributed by atoms with Crippen molar-refractivity contribution in [2.45, 2.75) is 25.9 Å². The highest BCUT2D eigenvalue weighted by atomic mass is 35.5. The zero-order chi connectivity index (χ0) is 11.7. The van der Waals surface area contributed by atoms with Crippen LogP contribution in [0.4, 0.5) is 4.79 Å². The van der Waals surface area contributed by atoms with Crippen LogP contribution in [0.3, 0.4) is 0 Å². The van der Waals surface area contributed by atoms with Gasteiger partial charge in [-0.05, 0) is 31.5 Å². The first-order valence-electron chi connectivity index (χ1n) is 5.40. The summed E-state index contributed by atoms with van der Waals surface area (Å²) >= 11 is 5.83. The van der Waals surface area contributed by atoms with Crippen LogP contribution in [0.25, 0.3) is 0 Å². The lowest BCUT2D eigenvalue weighted by atomic mass is 10.1. The van der Waals surface area contributed by atoms with Crippen LogP contribution in [0.2, 0.25) is 5.02 Å². The number of carbonyl (C=O) groups is 1. The molecule has 1 aliphatic heterocycles. The number of hydrogen-bond acceptors (Lipinski definition) is 1. The first kappa shape index (κ1) is 11.3. The lowest BCUT2D eigenvalue weighted by Crippen LogP contribution is -2.33. The Bertz CT molecular complexity index is 389. The van der Waals surface area contributed by atoms with Crippen LogP contribution >= 0.6 is 11.6 Å². The van der Waals surface area contributed by atoms with Crippen molar-refractivity contribution in [3.8, 4) is 0 Å². The Balaban J connectivity index is 2.13. The van der Waals surface area contributed by atoms with Crippen LogP contribution in [-0.4, -0.2) is 23.5 Å². The Hall–Kier alpha value is -1.22. The summed E-state index contributed by atoms with van der Waals surface area (Å²) < 4.78 is 0. The Kier molecular flexibility index (Phi) is 3.06. The largest absolute Gasteiger partial charge is 0.329 e. The second kappa shape index (κ2) is 4.34. The minimum atomic E-state index is 0.00921. The number of rotatable bonds is 2. The van der Waals surface area contributed by atoms with Gasteiger partial charge >= 0.3 is 6.03 Å². The van der Waals surface area contributed by atoms with Gasteiger partial charge in [-0.1, -0.05) is 23.7 Å². The predicted molar refractivity (Wildman–Crippen MR) is 64.6 cm³/mol. The zero-order valence-corrected chi connectivity index (χ0v) is 10.2. The lowest BCUT2D eigenvalue weighted by Gasteiger charge is -2.18. The average Bonchev–Trinajstić information content (AvgIpc) is 2.61. The Morgan fingerprint density at radius 1 is 1.38 bits per heavy atom. The molecule has 0 bridgehead atoms. The van der Waals surface area contributed by atoms with Gasteiger partial charge in [0.2, 0.25) is 0 Å². The second-order valence-electron chi connectivity index (χ2n) is 4.30. The molecule has 1 fully saturated rings. The van der Waals surface area contributed by atoms with E-state index in [1.54, 1.807) is 0 Å². The van der Waals surface area contributed by atoms with Gasteiger partial charge in [-0.25, -0.2) is 4.79 Å². The van der Waals surface area contributed by atoms with Crippen molar-refractivity contribution in [3.63, 3.8) is 0 Å². The van der Waals surface area contributed by atoms with Crippen LogP contribution < -0.4 is 5.32 Å². The van der Waals surface area contributed by atoms with Gasteiger partial charge in [0.05, 0.1) is 6.04 Å². The maximum Gasteiger partial charge on any atom is 0.318 e. The molecule has 1 atom stereocenters. The normalized spacial score (nSPS) is 20.4. The van der Waals surface area contributed by atoms with Crippen molar-refractivity contribution in [2.75, 3.05) is 6.54 Å². The number of hydrogen-bond donors (Lipinski definition) is 1. The third kappa shape index (κ3) is 2.14. The standard InChI is InChI=1S/C12H15ClN2O/c1-8(2)15-7-11(14-12(15)16)9-3-5-10(13)6-4-9/h3-6,8,11H,7H2,1-2H3,(H,14,16). The topological polar surface area (TPSA) is 32.3 Å². The summed E-state index contributed by atoms with van der Waals surface area (Å²) in [5.41, 5.74) is 1.10. The summed E-state index contributed by atoms with van der Waals surface area (Å²) in [5, 5.41) is 3.68. The molecule has 0 saturated carbocycles. The highest BCUT2D eigenvalue weighted by molar-refractivity contribution is 6.30. The molecule has 0 aromatic heterocycles. The molecular formula is C12H15ClN2O. The summed E-state index contributed by atoms with van der Waals surface area (Å²) in [7, 11) is 0. The van der Waals surface area contributed by atoms with Gasteiger partial charge in [0.25, 0.3) is 0 Å². The minimum Gasteiger partial charge on any atom is -0.329 e. The summed E-state index contributed by atoms with van der Waals surface area (Å²) in [5.74, 6) is 0. The van der Waals surface area contributed by atoms with E-state index in [1.807, 2.05) is 43.0 Å². The van der Waals surface area contributed by atoms with Gasteiger partial charge in [-0.15, -0.1) is 0 Å². The van der Waals surface area contributed by atoms with Crippen molar-refractivity contribution < 1.29 is 4.79 Å². The van der Waals surface area contributed by atoms with Crippen molar-refractivity contribution >= 4 is 17.6 Å².